The van der Waals surface area contributed by atoms with Gasteiger partial charge in [0, 0.05) is 10.6 Å². The molecule has 5 heteroatoms. The average Bonchev–Trinajstić information content (AvgIpc) is 2.27. The molecule has 0 heterocycles. The highest BCUT2D eigenvalue weighted by Gasteiger charge is 2.19. The number of rotatable bonds is 4. The topological polar surface area (TPSA) is 66.4 Å². The Hall–Kier alpha value is -1.55. The van der Waals surface area contributed by atoms with E-state index in [0.717, 1.165) is 11.1 Å². The highest BCUT2D eigenvalue weighted by molar-refractivity contribution is 6.30. The van der Waals surface area contributed by atoms with Gasteiger partial charge in [-0.25, -0.2) is 0 Å². The van der Waals surface area contributed by atoms with Crippen LogP contribution in [0, 0.1) is 6.92 Å². The molecule has 2 N–H and O–H groups in total. The van der Waals surface area contributed by atoms with Gasteiger partial charge in [-0.3, -0.25) is 9.59 Å². The Morgan fingerprint density at radius 1 is 1.44 bits per heavy atom. The van der Waals surface area contributed by atoms with Crippen LogP contribution in [0.15, 0.2) is 12.1 Å². The first-order chi connectivity index (χ1) is 8.36. The Morgan fingerprint density at radius 2 is 2.06 bits per heavy atom. The normalized spacial score (nSPS) is 12.0. The lowest BCUT2D eigenvalue weighted by Crippen LogP contribution is -2.39. The predicted molar refractivity (Wildman–Crippen MR) is 70.1 cm³/mol. The number of carboxylic acid groups (broad SMARTS) is 1. The van der Waals surface area contributed by atoms with Gasteiger partial charge < -0.3 is 10.4 Å². The summed E-state index contributed by atoms with van der Waals surface area (Å²) in [6.07, 6.45) is 0.658. The van der Waals surface area contributed by atoms with Crippen LogP contribution in [-0.4, -0.2) is 23.0 Å². The van der Waals surface area contributed by atoms with Crippen molar-refractivity contribution in [3.05, 3.63) is 33.8 Å². The van der Waals surface area contributed by atoms with Crippen molar-refractivity contribution in [2.24, 2.45) is 0 Å². The molecule has 0 fully saturated rings. The van der Waals surface area contributed by atoms with Crippen LogP contribution in [0.2, 0.25) is 5.02 Å². The zero-order valence-electron chi connectivity index (χ0n) is 10.6. The molecule has 4 nitrogen and oxygen atoms in total. The second-order valence-corrected chi connectivity index (χ2v) is 4.58. The third-order valence-corrected chi connectivity index (χ3v) is 2.93. The van der Waals surface area contributed by atoms with E-state index >= 15 is 0 Å². The smallest absolute Gasteiger partial charge is 0.325 e. The summed E-state index contributed by atoms with van der Waals surface area (Å²) < 4.78 is 0. The van der Waals surface area contributed by atoms with Gasteiger partial charge in [0.2, 0.25) is 0 Å². The number of aryl methyl sites for hydroxylation is 2. The van der Waals surface area contributed by atoms with E-state index in [1.165, 1.54) is 6.92 Å². The summed E-state index contributed by atoms with van der Waals surface area (Å²) in [5, 5.41) is 11.8. The molecule has 0 aromatic heterocycles. The number of benzene rings is 1. The molecule has 18 heavy (non-hydrogen) atoms. The maximum Gasteiger partial charge on any atom is 0.325 e. The second-order valence-electron chi connectivity index (χ2n) is 4.14. The third-order valence-electron chi connectivity index (χ3n) is 2.71. The second kappa shape index (κ2) is 5.87. The van der Waals surface area contributed by atoms with Gasteiger partial charge in [0.15, 0.2) is 0 Å². The van der Waals surface area contributed by atoms with Crippen LogP contribution in [0.4, 0.5) is 0 Å². The van der Waals surface area contributed by atoms with Gasteiger partial charge in [0.25, 0.3) is 5.91 Å². The summed E-state index contributed by atoms with van der Waals surface area (Å²) >= 11 is 5.94. The maximum absolute atomic E-state index is 12.1. The molecule has 1 rings (SSSR count). The van der Waals surface area contributed by atoms with Crippen molar-refractivity contribution in [1.29, 1.82) is 0 Å². The van der Waals surface area contributed by atoms with Gasteiger partial charge in [-0.15, -0.1) is 0 Å². The van der Waals surface area contributed by atoms with Gasteiger partial charge in [-0.1, -0.05) is 18.5 Å². The molecule has 1 aromatic carbocycles. The molecule has 0 aliphatic heterocycles. The Labute approximate surface area is 111 Å². The lowest BCUT2D eigenvalue weighted by molar-refractivity contribution is -0.138. The number of nitrogens with one attached hydrogen (secondary N) is 1. The number of carbonyl (C=O) groups excluding carboxylic acids is 1. The lowest BCUT2D eigenvalue weighted by Gasteiger charge is -2.14. The van der Waals surface area contributed by atoms with E-state index in [1.807, 2.05) is 6.92 Å². The molecule has 0 saturated heterocycles. The molecule has 0 aliphatic rings. The minimum Gasteiger partial charge on any atom is -0.480 e. The average molecular weight is 270 g/mol. The van der Waals surface area contributed by atoms with Crippen LogP contribution in [0.3, 0.4) is 0 Å². The first-order valence-corrected chi connectivity index (χ1v) is 6.07. The Balaban J connectivity index is 3.09. The molecule has 1 unspecified atom stereocenters. The summed E-state index contributed by atoms with van der Waals surface area (Å²) in [4.78, 5) is 22.8. The molecular weight excluding hydrogens is 254 g/mol. The highest BCUT2D eigenvalue weighted by Crippen LogP contribution is 2.21. The molecule has 1 aromatic rings. The van der Waals surface area contributed by atoms with Gasteiger partial charge in [0.1, 0.15) is 6.04 Å². The summed E-state index contributed by atoms with van der Waals surface area (Å²) in [6, 6.07) is 2.51. The molecule has 98 valence electrons. The molecule has 0 aliphatic carbocycles. The van der Waals surface area contributed by atoms with Crippen LogP contribution in [-0.2, 0) is 11.2 Å². The summed E-state index contributed by atoms with van der Waals surface area (Å²) in [7, 11) is 0. The van der Waals surface area contributed by atoms with E-state index in [4.69, 9.17) is 16.7 Å². The SMILES string of the molecule is CCc1cc(Cl)cc(C)c1C(=O)NC(C)C(=O)O. The molecule has 1 amide bonds. The number of amides is 1. The quantitative estimate of drug-likeness (QED) is 0.882. The minimum absolute atomic E-state index is 0.379. The van der Waals surface area contributed by atoms with Crippen molar-refractivity contribution in [3.63, 3.8) is 0 Å². The zero-order chi connectivity index (χ0) is 13.9. The van der Waals surface area contributed by atoms with Crippen LogP contribution >= 0.6 is 11.6 Å². The monoisotopic (exact) mass is 269 g/mol. The van der Waals surface area contributed by atoms with Crippen molar-refractivity contribution in [2.75, 3.05) is 0 Å². The fourth-order valence-electron chi connectivity index (χ4n) is 1.75. The standard InChI is InChI=1S/C13H16ClNO3/c1-4-9-6-10(14)5-7(2)11(9)12(16)15-8(3)13(17)18/h5-6,8H,4H2,1-3H3,(H,15,16)(H,17,18). The number of carboxylic acids is 1. The largest absolute Gasteiger partial charge is 0.480 e. The summed E-state index contributed by atoms with van der Waals surface area (Å²) in [5.74, 6) is -1.44. The predicted octanol–water partition coefficient (Wildman–Crippen LogP) is 2.41. The third kappa shape index (κ3) is 3.23. The van der Waals surface area contributed by atoms with Gasteiger partial charge in [-0.05, 0) is 43.5 Å². The van der Waals surface area contributed by atoms with E-state index < -0.39 is 12.0 Å². The summed E-state index contributed by atoms with van der Waals surface area (Å²) in [6.45, 7) is 5.13. The van der Waals surface area contributed by atoms with Crippen molar-refractivity contribution in [3.8, 4) is 0 Å². The first kappa shape index (κ1) is 14.5. The molecule has 0 radical (unpaired) electrons. The Bertz CT molecular complexity index is 485. The fourth-order valence-corrected chi connectivity index (χ4v) is 2.04. The van der Waals surface area contributed by atoms with Crippen LogP contribution in [0.1, 0.15) is 35.3 Å². The van der Waals surface area contributed by atoms with Crippen molar-refractivity contribution < 1.29 is 14.7 Å². The van der Waals surface area contributed by atoms with E-state index in [-0.39, 0.29) is 5.91 Å². The number of carbonyl (C=O) groups is 2. The highest BCUT2D eigenvalue weighted by atomic mass is 35.5. The van der Waals surface area contributed by atoms with Gasteiger partial charge in [0.05, 0.1) is 0 Å². The maximum atomic E-state index is 12.1. The van der Waals surface area contributed by atoms with Crippen molar-refractivity contribution in [2.45, 2.75) is 33.2 Å². The van der Waals surface area contributed by atoms with Gasteiger partial charge >= 0.3 is 5.97 Å². The van der Waals surface area contributed by atoms with E-state index in [0.29, 0.717) is 17.0 Å². The Kier molecular flexibility index (Phi) is 4.73. The number of hydrogen-bond acceptors (Lipinski definition) is 2. The summed E-state index contributed by atoms with van der Waals surface area (Å²) in [5.41, 5.74) is 2.07. The molecule has 1 atom stereocenters. The van der Waals surface area contributed by atoms with E-state index in [9.17, 15) is 9.59 Å². The van der Waals surface area contributed by atoms with Crippen LogP contribution in [0.5, 0.6) is 0 Å². The number of hydrogen-bond donors (Lipinski definition) is 2. The van der Waals surface area contributed by atoms with Crippen molar-refractivity contribution in [1.82, 2.24) is 5.32 Å². The molecule has 0 saturated carbocycles. The fraction of sp³-hybridized carbons (Fsp3) is 0.385. The molecule has 0 spiro atoms. The van der Waals surface area contributed by atoms with E-state index in [2.05, 4.69) is 5.32 Å². The number of aliphatic carboxylic acids is 1. The molecular formula is C13H16ClNO3. The number of halogens is 1. The van der Waals surface area contributed by atoms with E-state index in [1.54, 1.807) is 19.1 Å². The van der Waals surface area contributed by atoms with Crippen molar-refractivity contribution >= 4 is 23.5 Å². The Morgan fingerprint density at radius 3 is 2.56 bits per heavy atom. The lowest BCUT2D eigenvalue weighted by atomic mass is 9.99. The minimum atomic E-state index is -1.06. The first-order valence-electron chi connectivity index (χ1n) is 5.69. The van der Waals surface area contributed by atoms with Crippen LogP contribution < -0.4 is 5.32 Å². The zero-order valence-corrected chi connectivity index (χ0v) is 11.3. The van der Waals surface area contributed by atoms with Crippen LogP contribution in [0.25, 0.3) is 0 Å². The molecule has 0 bridgehead atoms. The van der Waals surface area contributed by atoms with Gasteiger partial charge in [-0.2, -0.15) is 0 Å².